The Balaban J connectivity index is 1.78. The highest BCUT2D eigenvalue weighted by molar-refractivity contribution is 7.91. The molecule has 7 heteroatoms. The van der Waals surface area contributed by atoms with Gasteiger partial charge in [-0.1, -0.05) is 0 Å². The number of sulfone groups is 1. The van der Waals surface area contributed by atoms with E-state index >= 15 is 0 Å². The van der Waals surface area contributed by atoms with E-state index in [1.165, 1.54) is 0 Å². The second-order valence-corrected chi connectivity index (χ2v) is 6.92. The molecule has 98 valence electrons. The van der Waals surface area contributed by atoms with Crippen molar-refractivity contribution in [2.45, 2.75) is 25.0 Å². The molecule has 2 atom stereocenters. The van der Waals surface area contributed by atoms with Gasteiger partial charge < -0.3 is 9.84 Å². The fraction of sp³-hybridized carbons (Fsp3) is 0.900. The number of rotatable bonds is 3. The van der Waals surface area contributed by atoms with Gasteiger partial charge in [-0.25, -0.2) is 13.2 Å². The largest absolute Gasteiger partial charge is 0.479 e. The molecule has 0 radical (unpaired) electrons. The minimum absolute atomic E-state index is 0.0723. The Labute approximate surface area is 100 Å². The first-order chi connectivity index (χ1) is 7.96. The van der Waals surface area contributed by atoms with Gasteiger partial charge in [-0.15, -0.1) is 0 Å². The highest BCUT2D eigenvalue weighted by Gasteiger charge is 2.32. The Kier molecular flexibility index (Phi) is 3.70. The molecule has 0 bridgehead atoms. The highest BCUT2D eigenvalue weighted by Crippen LogP contribution is 2.21. The molecule has 0 saturated carbocycles. The van der Waals surface area contributed by atoms with Crippen molar-refractivity contribution in [2.24, 2.45) is 0 Å². The lowest BCUT2D eigenvalue weighted by molar-refractivity contribution is -0.149. The number of carboxylic acid groups (broad SMARTS) is 1. The first-order valence-electron chi connectivity index (χ1n) is 5.77. The lowest BCUT2D eigenvalue weighted by Crippen LogP contribution is -2.43. The lowest BCUT2D eigenvalue weighted by Gasteiger charge is -2.28. The zero-order chi connectivity index (χ0) is 12.5. The average Bonchev–Trinajstić information content (AvgIpc) is 2.70. The van der Waals surface area contributed by atoms with Gasteiger partial charge in [0.15, 0.2) is 15.9 Å². The van der Waals surface area contributed by atoms with Crippen molar-refractivity contribution in [3.8, 4) is 0 Å². The molecule has 6 nitrogen and oxygen atoms in total. The van der Waals surface area contributed by atoms with Gasteiger partial charge in [-0.05, 0) is 12.8 Å². The van der Waals surface area contributed by atoms with E-state index in [-0.39, 0.29) is 17.6 Å². The second kappa shape index (κ2) is 4.91. The molecule has 2 rings (SSSR count). The number of aliphatic carboxylic acids is 1. The van der Waals surface area contributed by atoms with Crippen molar-refractivity contribution in [3.63, 3.8) is 0 Å². The average molecular weight is 263 g/mol. The van der Waals surface area contributed by atoms with Crippen molar-refractivity contribution in [1.82, 2.24) is 4.90 Å². The van der Waals surface area contributed by atoms with Crippen molar-refractivity contribution in [3.05, 3.63) is 0 Å². The van der Waals surface area contributed by atoms with Gasteiger partial charge in [0, 0.05) is 19.6 Å². The first-order valence-corrected chi connectivity index (χ1v) is 7.59. The van der Waals surface area contributed by atoms with Crippen LogP contribution >= 0.6 is 0 Å². The standard InChI is InChI=1S/C10H17NO5S/c12-10(13)9-2-1-8(16-9)7-11-3-5-17(14,15)6-4-11/h8-9H,1-7H2,(H,12,13). The molecule has 2 fully saturated rings. The monoisotopic (exact) mass is 263 g/mol. The summed E-state index contributed by atoms with van der Waals surface area (Å²) in [6.07, 6.45) is 0.525. The summed E-state index contributed by atoms with van der Waals surface area (Å²) in [6.45, 7) is 1.69. The van der Waals surface area contributed by atoms with E-state index in [0.29, 0.717) is 26.1 Å². The summed E-state index contributed by atoms with van der Waals surface area (Å²) >= 11 is 0. The number of carboxylic acids is 1. The topological polar surface area (TPSA) is 83.9 Å². The molecule has 2 unspecified atom stereocenters. The van der Waals surface area contributed by atoms with E-state index in [4.69, 9.17) is 9.84 Å². The first kappa shape index (κ1) is 12.8. The van der Waals surface area contributed by atoms with Crippen molar-refractivity contribution >= 4 is 15.8 Å². The number of nitrogens with zero attached hydrogens (tertiary/aromatic N) is 1. The van der Waals surface area contributed by atoms with Gasteiger partial charge in [0.05, 0.1) is 17.6 Å². The van der Waals surface area contributed by atoms with Gasteiger partial charge in [-0.2, -0.15) is 0 Å². The third-order valence-corrected chi connectivity index (χ3v) is 4.89. The normalized spacial score (nSPS) is 33.6. The van der Waals surface area contributed by atoms with E-state index in [9.17, 15) is 13.2 Å². The molecule has 2 saturated heterocycles. The molecule has 2 aliphatic heterocycles. The maximum atomic E-state index is 11.2. The molecule has 2 heterocycles. The molecule has 0 aromatic carbocycles. The van der Waals surface area contributed by atoms with Gasteiger partial charge in [0.2, 0.25) is 0 Å². The van der Waals surface area contributed by atoms with Crippen LogP contribution in [0.4, 0.5) is 0 Å². The van der Waals surface area contributed by atoms with Crippen LogP contribution in [-0.4, -0.2) is 67.7 Å². The Morgan fingerprint density at radius 1 is 1.29 bits per heavy atom. The van der Waals surface area contributed by atoms with Crippen LogP contribution in [0, 0.1) is 0 Å². The van der Waals surface area contributed by atoms with E-state index < -0.39 is 21.9 Å². The van der Waals surface area contributed by atoms with E-state index in [0.717, 1.165) is 6.42 Å². The van der Waals surface area contributed by atoms with Crippen molar-refractivity contribution < 1.29 is 23.1 Å². The third kappa shape index (κ3) is 3.40. The molecule has 0 amide bonds. The van der Waals surface area contributed by atoms with Gasteiger partial charge in [0.25, 0.3) is 0 Å². The Bertz CT molecular complexity index is 380. The molecule has 0 aromatic rings. The molecular formula is C10H17NO5S. The number of ether oxygens (including phenoxy) is 1. The van der Waals surface area contributed by atoms with E-state index in [1.807, 2.05) is 4.90 Å². The van der Waals surface area contributed by atoms with Gasteiger partial charge in [0.1, 0.15) is 0 Å². The van der Waals surface area contributed by atoms with E-state index in [1.54, 1.807) is 0 Å². The zero-order valence-electron chi connectivity index (χ0n) is 9.54. The van der Waals surface area contributed by atoms with Crippen LogP contribution in [0.25, 0.3) is 0 Å². The molecule has 2 aliphatic rings. The highest BCUT2D eigenvalue weighted by atomic mass is 32.2. The van der Waals surface area contributed by atoms with Crippen LogP contribution in [0.5, 0.6) is 0 Å². The lowest BCUT2D eigenvalue weighted by atomic mass is 10.2. The minimum atomic E-state index is -2.85. The molecule has 0 aliphatic carbocycles. The molecule has 1 N–H and O–H groups in total. The zero-order valence-corrected chi connectivity index (χ0v) is 10.4. The molecular weight excluding hydrogens is 246 g/mol. The molecule has 17 heavy (non-hydrogen) atoms. The molecule has 0 spiro atoms. The predicted molar refractivity (Wildman–Crippen MR) is 60.6 cm³/mol. The summed E-state index contributed by atoms with van der Waals surface area (Å²) in [4.78, 5) is 12.7. The maximum Gasteiger partial charge on any atom is 0.332 e. The summed E-state index contributed by atoms with van der Waals surface area (Å²) in [5.41, 5.74) is 0. The number of hydrogen-bond acceptors (Lipinski definition) is 5. The molecule has 0 aromatic heterocycles. The summed E-state index contributed by atoms with van der Waals surface area (Å²) in [5, 5.41) is 8.79. The van der Waals surface area contributed by atoms with E-state index in [2.05, 4.69) is 0 Å². The van der Waals surface area contributed by atoms with Crippen LogP contribution in [0.15, 0.2) is 0 Å². The third-order valence-electron chi connectivity index (χ3n) is 3.28. The predicted octanol–water partition coefficient (Wildman–Crippen LogP) is -0.651. The van der Waals surface area contributed by atoms with Crippen LogP contribution in [0.2, 0.25) is 0 Å². The smallest absolute Gasteiger partial charge is 0.332 e. The summed E-state index contributed by atoms with van der Waals surface area (Å²) < 4.78 is 27.9. The summed E-state index contributed by atoms with van der Waals surface area (Å²) in [7, 11) is -2.85. The quantitative estimate of drug-likeness (QED) is 0.728. The Hall–Kier alpha value is -0.660. The van der Waals surface area contributed by atoms with Crippen LogP contribution in [0.1, 0.15) is 12.8 Å². The Morgan fingerprint density at radius 2 is 1.94 bits per heavy atom. The number of hydrogen-bond donors (Lipinski definition) is 1. The SMILES string of the molecule is O=C(O)C1CCC(CN2CCS(=O)(=O)CC2)O1. The van der Waals surface area contributed by atoms with Crippen molar-refractivity contribution in [1.29, 1.82) is 0 Å². The summed E-state index contributed by atoms with van der Waals surface area (Å²) in [5.74, 6) is -0.516. The minimum Gasteiger partial charge on any atom is -0.479 e. The Morgan fingerprint density at radius 3 is 2.47 bits per heavy atom. The van der Waals surface area contributed by atoms with Crippen molar-refractivity contribution in [2.75, 3.05) is 31.1 Å². The summed E-state index contributed by atoms with van der Waals surface area (Å²) in [6, 6.07) is 0. The van der Waals surface area contributed by atoms with Crippen LogP contribution < -0.4 is 0 Å². The van der Waals surface area contributed by atoms with Crippen LogP contribution in [0.3, 0.4) is 0 Å². The van der Waals surface area contributed by atoms with Gasteiger partial charge in [-0.3, -0.25) is 4.90 Å². The maximum absolute atomic E-state index is 11.2. The fourth-order valence-corrected chi connectivity index (χ4v) is 3.52. The van der Waals surface area contributed by atoms with Gasteiger partial charge >= 0.3 is 5.97 Å². The number of carbonyl (C=O) groups is 1. The fourth-order valence-electron chi connectivity index (χ4n) is 2.24. The van der Waals surface area contributed by atoms with Crippen LogP contribution in [-0.2, 0) is 19.4 Å². The second-order valence-electron chi connectivity index (χ2n) is 4.61.